The van der Waals surface area contributed by atoms with Crippen molar-refractivity contribution >= 4 is 0 Å². The van der Waals surface area contributed by atoms with E-state index in [1.54, 1.807) is 0 Å². The van der Waals surface area contributed by atoms with E-state index in [2.05, 4.69) is 67.6 Å². The highest BCUT2D eigenvalue weighted by Crippen LogP contribution is 2.45. The van der Waals surface area contributed by atoms with Gasteiger partial charge in [-0.05, 0) is 65.3 Å². The zero-order valence-electron chi connectivity index (χ0n) is 27.7. The molecule has 0 bridgehead atoms. The molecule has 1 aliphatic heterocycles. The van der Waals surface area contributed by atoms with Crippen LogP contribution in [0.3, 0.4) is 0 Å². The Morgan fingerprint density at radius 3 is 1.47 bits per heavy atom. The largest absolute Gasteiger partial charge is 0.489 e. The van der Waals surface area contributed by atoms with Gasteiger partial charge in [0.1, 0.15) is 49.8 Å². The minimum atomic E-state index is -0.180. The van der Waals surface area contributed by atoms with Crippen molar-refractivity contribution in [3.63, 3.8) is 0 Å². The van der Waals surface area contributed by atoms with Crippen LogP contribution in [0, 0.1) is 6.92 Å². The molecule has 1 atom stereocenters. The van der Waals surface area contributed by atoms with Crippen molar-refractivity contribution < 1.29 is 23.7 Å². The van der Waals surface area contributed by atoms with Gasteiger partial charge in [-0.3, -0.25) is 0 Å². The van der Waals surface area contributed by atoms with E-state index in [0.29, 0.717) is 43.7 Å². The monoisotopic (exact) mass is 648 g/mol. The maximum absolute atomic E-state index is 6.81. The molecule has 0 amide bonds. The lowest BCUT2D eigenvalue weighted by Gasteiger charge is -2.30. The normalized spacial score (nSPS) is 13.5. The highest BCUT2D eigenvalue weighted by atomic mass is 16.5. The zero-order chi connectivity index (χ0) is 33.3. The van der Waals surface area contributed by atoms with Gasteiger partial charge in [0, 0.05) is 17.7 Å². The molecule has 0 aliphatic carbocycles. The van der Waals surface area contributed by atoms with Gasteiger partial charge in [0.05, 0.1) is 0 Å². The molecule has 6 aromatic rings. The maximum Gasteiger partial charge on any atom is 0.162 e. The number of hydrogen-bond donors (Lipinski definition) is 0. The lowest BCUT2D eigenvalue weighted by Crippen LogP contribution is -2.17. The Hall–Kier alpha value is -5.68. The first-order chi connectivity index (χ1) is 24.2. The van der Waals surface area contributed by atoms with Crippen LogP contribution in [0.25, 0.3) is 0 Å². The van der Waals surface area contributed by atoms with Gasteiger partial charge in [-0.1, -0.05) is 121 Å². The Kier molecular flexibility index (Phi) is 10.1. The lowest BCUT2D eigenvalue weighted by molar-refractivity contribution is 0.169. The summed E-state index contributed by atoms with van der Waals surface area (Å²) >= 11 is 0. The predicted octanol–water partition coefficient (Wildman–Crippen LogP) is 10.4. The Labute approximate surface area is 288 Å². The van der Waals surface area contributed by atoms with Crippen LogP contribution in [-0.2, 0) is 32.8 Å². The maximum atomic E-state index is 6.81. The Morgan fingerprint density at radius 1 is 0.510 bits per heavy atom. The average molecular weight is 649 g/mol. The minimum absolute atomic E-state index is 0.180. The molecular weight excluding hydrogens is 608 g/mol. The third kappa shape index (κ3) is 8.25. The van der Waals surface area contributed by atoms with Gasteiger partial charge in [-0.2, -0.15) is 0 Å². The van der Waals surface area contributed by atoms with Gasteiger partial charge >= 0.3 is 0 Å². The Balaban J connectivity index is 1.16. The first-order valence-corrected chi connectivity index (χ1v) is 16.8. The van der Waals surface area contributed by atoms with Crippen LogP contribution in [0.1, 0.15) is 51.5 Å². The molecule has 0 saturated heterocycles. The summed E-state index contributed by atoms with van der Waals surface area (Å²) in [5.74, 6) is 3.68. The van der Waals surface area contributed by atoms with Gasteiger partial charge in [-0.15, -0.1) is 0 Å². The van der Waals surface area contributed by atoms with E-state index in [9.17, 15) is 0 Å². The van der Waals surface area contributed by atoms with Crippen LogP contribution in [0.4, 0.5) is 0 Å². The van der Waals surface area contributed by atoms with Crippen LogP contribution in [0.15, 0.2) is 146 Å². The number of benzene rings is 6. The third-order valence-corrected chi connectivity index (χ3v) is 8.71. The zero-order valence-corrected chi connectivity index (χ0v) is 27.7. The third-order valence-electron chi connectivity index (χ3n) is 8.71. The summed E-state index contributed by atoms with van der Waals surface area (Å²) in [6.07, 6.45) is 1.41. The van der Waals surface area contributed by atoms with Crippen LogP contribution < -0.4 is 23.7 Å². The SMILES string of the molecule is Cc1cc(OCc2ccccc2)c(OCc2ccccc2)cc1C1CCc2c(OCc3ccccc3)cc(OCc3ccccc3)cc2O1. The first-order valence-electron chi connectivity index (χ1n) is 16.8. The van der Waals surface area contributed by atoms with Crippen molar-refractivity contribution in [2.75, 3.05) is 0 Å². The number of aryl methyl sites for hydroxylation is 1. The number of rotatable bonds is 13. The summed E-state index contributed by atoms with van der Waals surface area (Å²) in [5.41, 5.74) is 7.60. The summed E-state index contributed by atoms with van der Waals surface area (Å²) < 4.78 is 32.3. The van der Waals surface area contributed by atoms with Gasteiger partial charge in [0.15, 0.2) is 11.5 Å². The van der Waals surface area contributed by atoms with Crippen molar-refractivity contribution in [2.45, 2.75) is 52.3 Å². The Bertz CT molecular complexity index is 1940. The molecule has 0 saturated carbocycles. The van der Waals surface area contributed by atoms with Crippen molar-refractivity contribution in [3.05, 3.63) is 185 Å². The number of fused-ring (bicyclic) bond motifs is 1. The van der Waals surface area contributed by atoms with Gasteiger partial charge < -0.3 is 23.7 Å². The molecule has 0 fully saturated rings. The van der Waals surface area contributed by atoms with E-state index >= 15 is 0 Å². The van der Waals surface area contributed by atoms with E-state index in [-0.39, 0.29) is 6.10 Å². The van der Waals surface area contributed by atoms with E-state index in [4.69, 9.17) is 23.7 Å². The summed E-state index contributed by atoms with van der Waals surface area (Å²) in [6, 6.07) is 48.9. The fraction of sp³-hybridized carbons (Fsp3) is 0.182. The molecule has 49 heavy (non-hydrogen) atoms. The highest BCUT2D eigenvalue weighted by Gasteiger charge is 2.28. The molecule has 6 aromatic carbocycles. The van der Waals surface area contributed by atoms with Crippen molar-refractivity contribution in [1.29, 1.82) is 0 Å². The summed E-state index contributed by atoms with van der Waals surface area (Å²) in [7, 11) is 0. The summed E-state index contributed by atoms with van der Waals surface area (Å²) in [6.45, 7) is 3.91. The second kappa shape index (κ2) is 15.5. The van der Waals surface area contributed by atoms with Crippen LogP contribution in [-0.4, -0.2) is 0 Å². The molecule has 5 heteroatoms. The van der Waals surface area contributed by atoms with E-state index in [1.165, 1.54) is 0 Å². The van der Waals surface area contributed by atoms with Gasteiger partial charge in [-0.25, -0.2) is 0 Å². The average Bonchev–Trinajstić information content (AvgIpc) is 3.16. The predicted molar refractivity (Wildman–Crippen MR) is 192 cm³/mol. The van der Waals surface area contributed by atoms with Crippen molar-refractivity contribution in [1.82, 2.24) is 0 Å². The fourth-order valence-corrected chi connectivity index (χ4v) is 6.06. The van der Waals surface area contributed by atoms with E-state index in [1.807, 2.05) is 84.9 Å². The van der Waals surface area contributed by atoms with Gasteiger partial charge in [0.2, 0.25) is 0 Å². The van der Waals surface area contributed by atoms with Crippen molar-refractivity contribution in [3.8, 4) is 28.7 Å². The number of hydrogen-bond acceptors (Lipinski definition) is 5. The first kappa shape index (κ1) is 31.9. The molecule has 5 nitrogen and oxygen atoms in total. The van der Waals surface area contributed by atoms with Gasteiger partial charge in [0.25, 0.3) is 0 Å². The second-order valence-corrected chi connectivity index (χ2v) is 12.3. The van der Waals surface area contributed by atoms with Crippen LogP contribution in [0.5, 0.6) is 28.7 Å². The van der Waals surface area contributed by atoms with E-state index in [0.717, 1.165) is 63.3 Å². The lowest BCUT2D eigenvalue weighted by atomic mass is 9.93. The molecule has 0 radical (unpaired) electrons. The molecule has 1 unspecified atom stereocenters. The summed E-state index contributed by atoms with van der Waals surface area (Å²) in [4.78, 5) is 0. The molecular formula is C44H40O5. The molecule has 1 aliphatic rings. The van der Waals surface area contributed by atoms with Crippen molar-refractivity contribution in [2.24, 2.45) is 0 Å². The fourth-order valence-electron chi connectivity index (χ4n) is 6.06. The molecule has 0 aromatic heterocycles. The molecule has 0 spiro atoms. The quantitative estimate of drug-likeness (QED) is 0.125. The minimum Gasteiger partial charge on any atom is -0.489 e. The highest BCUT2D eigenvalue weighted by molar-refractivity contribution is 5.54. The number of ether oxygens (including phenoxy) is 5. The standard InChI is InChI=1S/C44H40O5/c1-32-24-43(47-30-35-18-10-4-11-19-35)44(48-31-36-20-12-5-13-21-36)27-39(32)40-23-22-38-41(46-29-34-16-8-3-9-17-34)25-37(26-42(38)49-40)45-28-33-14-6-2-7-15-33/h2-21,24-27,40H,22-23,28-31H2,1H3. The topological polar surface area (TPSA) is 46.2 Å². The Morgan fingerprint density at radius 2 is 0.959 bits per heavy atom. The summed E-state index contributed by atoms with van der Waals surface area (Å²) in [5, 5.41) is 0. The molecule has 0 N–H and O–H groups in total. The molecule has 1 heterocycles. The van der Waals surface area contributed by atoms with Crippen LogP contribution >= 0.6 is 0 Å². The second-order valence-electron chi connectivity index (χ2n) is 12.3. The molecule has 246 valence electrons. The molecule has 7 rings (SSSR count). The van der Waals surface area contributed by atoms with Crippen LogP contribution in [0.2, 0.25) is 0 Å². The smallest absolute Gasteiger partial charge is 0.162 e. The van der Waals surface area contributed by atoms with E-state index < -0.39 is 0 Å².